The minimum atomic E-state index is -0.487. The van der Waals surface area contributed by atoms with Crippen LogP contribution >= 0.6 is 11.6 Å². The Hall–Kier alpha value is -1.07. The summed E-state index contributed by atoms with van der Waals surface area (Å²) in [5.74, 6) is 0.364. The third-order valence-electron chi connectivity index (χ3n) is 1.68. The number of aromatic amines is 1. The van der Waals surface area contributed by atoms with Crippen LogP contribution in [0.2, 0.25) is 0 Å². The van der Waals surface area contributed by atoms with Crippen molar-refractivity contribution in [3.05, 3.63) is 33.1 Å². The van der Waals surface area contributed by atoms with Crippen LogP contribution in [0.4, 0.5) is 0 Å². The molecule has 1 rings (SSSR count). The molecule has 0 aromatic carbocycles. The first-order valence-electron chi connectivity index (χ1n) is 4.14. The highest BCUT2D eigenvalue weighted by molar-refractivity contribution is 6.17. The van der Waals surface area contributed by atoms with Crippen molar-refractivity contribution in [2.24, 2.45) is 0 Å². The van der Waals surface area contributed by atoms with Crippen molar-refractivity contribution in [3.8, 4) is 0 Å². The molecule has 0 saturated carbocycles. The lowest BCUT2D eigenvalue weighted by Crippen LogP contribution is -2.31. The van der Waals surface area contributed by atoms with Crippen molar-refractivity contribution in [1.29, 1.82) is 0 Å². The van der Waals surface area contributed by atoms with Gasteiger partial charge in [-0.3, -0.25) is 14.3 Å². The van der Waals surface area contributed by atoms with E-state index in [0.717, 1.165) is 0 Å². The maximum absolute atomic E-state index is 11.2. The van der Waals surface area contributed by atoms with Crippen LogP contribution in [0.15, 0.2) is 21.9 Å². The van der Waals surface area contributed by atoms with Gasteiger partial charge >= 0.3 is 5.69 Å². The lowest BCUT2D eigenvalue weighted by Gasteiger charge is -2.13. The molecule has 0 aliphatic heterocycles. The Labute approximate surface area is 85.3 Å². The van der Waals surface area contributed by atoms with E-state index < -0.39 is 17.5 Å². The Morgan fingerprint density at radius 3 is 2.93 bits per heavy atom. The second-order valence-electron chi connectivity index (χ2n) is 2.68. The fourth-order valence-corrected chi connectivity index (χ4v) is 1.10. The predicted octanol–water partition coefficient (Wildman–Crippen LogP) is 0.311. The maximum Gasteiger partial charge on any atom is 0.330 e. The summed E-state index contributed by atoms with van der Waals surface area (Å²) < 4.78 is 6.49. The summed E-state index contributed by atoms with van der Waals surface area (Å²) in [5.41, 5.74) is -0.907. The summed E-state index contributed by atoms with van der Waals surface area (Å²) in [6.07, 6.45) is 0.957. The monoisotopic (exact) mass is 218 g/mol. The van der Waals surface area contributed by atoms with Gasteiger partial charge < -0.3 is 4.74 Å². The van der Waals surface area contributed by atoms with Gasteiger partial charge in [0.2, 0.25) is 0 Å². The molecule has 1 atom stereocenters. The molecule has 0 radical (unpaired) electrons. The number of alkyl halides is 1. The van der Waals surface area contributed by atoms with Gasteiger partial charge in [0.1, 0.15) is 6.23 Å². The van der Waals surface area contributed by atoms with E-state index in [1.165, 1.54) is 16.8 Å². The molecule has 1 aromatic rings. The number of halogens is 1. The molecule has 1 heterocycles. The summed E-state index contributed by atoms with van der Waals surface area (Å²) in [5, 5.41) is 0. The van der Waals surface area contributed by atoms with Crippen molar-refractivity contribution in [1.82, 2.24) is 9.55 Å². The first kappa shape index (κ1) is 11.0. The largest absolute Gasteiger partial charge is 0.357 e. The summed E-state index contributed by atoms with van der Waals surface area (Å²) >= 11 is 5.43. The molecule has 0 unspecified atom stereocenters. The van der Waals surface area contributed by atoms with Gasteiger partial charge in [-0.15, -0.1) is 11.6 Å². The van der Waals surface area contributed by atoms with E-state index in [9.17, 15) is 9.59 Å². The number of rotatable bonds is 4. The SMILES string of the molecule is C[C@@H](OCCCl)n1ccc(=O)[nH]c1=O. The summed E-state index contributed by atoms with van der Waals surface area (Å²) in [4.78, 5) is 24.1. The van der Waals surface area contributed by atoms with Crippen LogP contribution < -0.4 is 11.2 Å². The molecule has 1 aromatic heterocycles. The zero-order chi connectivity index (χ0) is 10.6. The van der Waals surface area contributed by atoms with Crippen LogP contribution in [0.1, 0.15) is 13.2 Å². The highest BCUT2D eigenvalue weighted by Gasteiger charge is 2.05. The number of hydrogen-bond acceptors (Lipinski definition) is 3. The van der Waals surface area contributed by atoms with E-state index in [1.807, 2.05) is 0 Å². The molecule has 0 fully saturated rings. The first-order valence-corrected chi connectivity index (χ1v) is 4.67. The van der Waals surface area contributed by atoms with Gasteiger partial charge in [0.15, 0.2) is 0 Å². The molecule has 5 nitrogen and oxygen atoms in total. The molecule has 78 valence electrons. The van der Waals surface area contributed by atoms with Crippen molar-refractivity contribution in [2.45, 2.75) is 13.2 Å². The molecule has 1 N–H and O–H groups in total. The van der Waals surface area contributed by atoms with Crippen molar-refractivity contribution in [3.63, 3.8) is 0 Å². The maximum atomic E-state index is 11.2. The Kier molecular flexibility index (Phi) is 3.91. The molecule has 0 spiro atoms. The molecule has 0 saturated heterocycles. The molecule has 0 aliphatic rings. The third-order valence-corrected chi connectivity index (χ3v) is 1.83. The lowest BCUT2D eigenvalue weighted by atomic mass is 10.5. The van der Waals surface area contributed by atoms with Crippen molar-refractivity contribution in [2.75, 3.05) is 12.5 Å². The molecular formula is C8H11ClN2O3. The third kappa shape index (κ3) is 2.71. The van der Waals surface area contributed by atoms with Crippen LogP contribution in [0.5, 0.6) is 0 Å². The zero-order valence-electron chi connectivity index (χ0n) is 7.70. The lowest BCUT2D eigenvalue weighted by molar-refractivity contribution is 0.0224. The van der Waals surface area contributed by atoms with Gasteiger partial charge in [-0.1, -0.05) is 0 Å². The van der Waals surface area contributed by atoms with Gasteiger partial charge in [-0.2, -0.15) is 0 Å². The van der Waals surface area contributed by atoms with Crippen LogP contribution in [0, 0.1) is 0 Å². The van der Waals surface area contributed by atoms with E-state index in [4.69, 9.17) is 16.3 Å². The minimum Gasteiger partial charge on any atom is -0.357 e. The standard InChI is InChI=1S/C8H11ClN2O3/c1-6(14-5-3-9)11-4-2-7(12)10-8(11)13/h2,4,6H,3,5H2,1H3,(H,10,12,13)/t6-/m1/s1. The molecular weight excluding hydrogens is 208 g/mol. The van der Waals surface area contributed by atoms with Crippen LogP contribution in [-0.2, 0) is 4.74 Å². The van der Waals surface area contributed by atoms with E-state index in [-0.39, 0.29) is 0 Å². The molecule has 6 heteroatoms. The highest BCUT2D eigenvalue weighted by atomic mass is 35.5. The average Bonchev–Trinajstić information content (AvgIpc) is 2.14. The van der Waals surface area contributed by atoms with Gasteiger partial charge in [-0.05, 0) is 6.92 Å². The molecule has 0 bridgehead atoms. The zero-order valence-corrected chi connectivity index (χ0v) is 8.45. The number of H-pyrrole nitrogens is 1. The predicted molar refractivity (Wildman–Crippen MR) is 52.7 cm³/mol. The Balaban J connectivity index is 2.85. The van der Waals surface area contributed by atoms with E-state index in [0.29, 0.717) is 12.5 Å². The van der Waals surface area contributed by atoms with Crippen molar-refractivity contribution >= 4 is 11.6 Å². The minimum absolute atomic E-state index is 0.355. The Morgan fingerprint density at radius 2 is 2.36 bits per heavy atom. The van der Waals surface area contributed by atoms with E-state index in [1.54, 1.807) is 6.92 Å². The highest BCUT2D eigenvalue weighted by Crippen LogP contribution is 2.01. The number of aromatic nitrogens is 2. The number of ether oxygens (including phenoxy) is 1. The number of nitrogens with one attached hydrogen (secondary N) is 1. The van der Waals surface area contributed by atoms with Gasteiger partial charge in [0.05, 0.1) is 6.61 Å². The fourth-order valence-electron chi connectivity index (χ4n) is 1.01. The van der Waals surface area contributed by atoms with Crippen molar-refractivity contribution < 1.29 is 4.74 Å². The van der Waals surface area contributed by atoms with E-state index >= 15 is 0 Å². The van der Waals surface area contributed by atoms with Crippen LogP contribution in [0.3, 0.4) is 0 Å². The van der Waals surface area contributed by atoms with E-state index in [2.05, 4.69) is 4.98 Å². The quantitative estimate of drug-likeness (QED) is 0.740. The Bertz CT molecular complexity index is 398. The summed E-state index contributed by atoms with van der Waals surface area (Å²) in [7, 11) is 0. The smallest absolute Gasteiger partial charge is 0.330 e. The first-order chi connectivity index (χ1) is 6.65. The Morgan fingerprint density at radius 1 is 1.64 bits per heavy atom. The summed E-state index contributed by atoms with van der Waals surface area (Å²) in [6, 6.07) is 1.27. The van der Waals surface area contributed by atoms with Gasteiger partial charge in [0.25, 0.3) is 5.56 Å². The molecule has 0 amide bonds. The summed E-state index contributed by atoms with van der Waals surface area (Å²) in [6.45, 7) is 2.06. The van der Waals surface area contributed by atoms with Crippen LogP contribution in [-0.4, -0.2) is 22.0 Å². The van der Waals surface area contributed by atoms with Gasteiger partial charge in [-0.25, -0.2) is 4.79 Å². The fraction of sp³-hybridized carbons (Fsp3) is 0.500. The van der Waals surface area contributed by atoms with Gasteiger partial charge in [0, 0.05) is 18.1 Å². The van der Waals surface area contributed by atoms with Crippen LogP contribution in [0.25, 0.3) is 0 Å². The topological polar surface area (TPSA) is 64.1 Å². The molecule has 0 aliphatic carbocycles. The average molecular weight is 219 g/mol. The number of nitrogens with zero attached hydrogens (tertiary/aromatic N) is 1. The second-order valence-corrected chi connectivity index (χ2v) is 3.05. The second kappa shape index (κ2) is 4.97. The number of hydrogen-bond donors (Lipinski definition) is 1. The normalized spacial score (nSPS) is 12.7. The molecule has 14 heavy (non-hydrogen) atoms.